The van der Waals surface area contributed by atoms with Crippen molar-refractivity contribution in [2.75, 3.05) is 18.5 Å². The van der Waals surface area contributed by atoms with Gasteiger partial charge in [-0.25, -0.2) is 0 Å². The summed E-state index contributed by atoms with van der Waals surface area (Å²) in [5.74, 6) is 1.12. The molecule has 1 aliphatic rings. The van der Waals surface area contributed by atoms with Crippen molar-refractivity contribution in [2.24, 2.45) is 0 Å². The molecule has 3 heteroatoms. The fraction of sp³-hybridized carbons (Fsp3) is 0.333. The molecule has 110 valence electrons. The van der Waals surface area contributed by atoms with Crippen LogP contribution in [-0.2, 0) is 12.8 Å². The lowest BCUT2D eigenvalue weighted by Gasteiger charge is -2.34. The summed E-state index contributed by atoms with van der Waals surface area (Å²) >= 11 is 0. The molecule has 1 aliphatic heterocycles. The molecule has 0 spiro atoms. The molecule has 3 rings (SSSR count). The third-order valence-electron chi connectivity index (χ3n) is 4.02. The Morgan fingerprint density at radius 1 is 1.14 bits per heavy atom. The van der Waals surface area contributed by atoms with Gasteiger partial charge in [0.25, 0.3) is 0 Å². The molecule has 2 aromatic rings. The van der Waals surface area contributed by atoms with Crippen LogP contribution in [0.4, 0.5) is 5.69 Å². The topological polar surface area (TPSA) is 32.7 Å². The predicted molar refractivity (Wildman–Crippen MR) is 85.3 cm³/mol. The maximum absolute atomic E-state index is 9.57. The molecular weight excluding hydrogens is 262 g/mol. The fourth-order valence-corrected chi connectivity index (χ4v) is 2.80. The highest BCUT2D eigenvalue weighted by atomic mass is 16.5. The molecule has 2 aromatic carbocycles. The SMILES string of the molecule is CCc1ccc(CC2CN(C)c3cc(O)ccc3O2)cc1. The zero-order valence-electron chi connectivity index (χ0n) is 12.5. The van der Waals surface area contributed by atoms with Crippen LogP contribution in [0.5, 0.6) is 11.5 Å². The molecule has 3 nitrogen and oxygen atoms in total. The van der Waals surface area contributed by atoms with Crippen LogP contribution in [0.15, 0.2) is 42.5 Å². The average Bonchev–Trinajstić information content (AvgIpc) is 2.49. The van der Waals surface area contributed by atoms with Crippen LogP contribution in [0.3, 0.4) is 0 Å². The van der Waals surface area contributed by atoms with Gasteiger partial charge < -0.3 is 14.7 Å². The summed E-state index contributed by atoms with van der Waals surface area (Å²) in [4.78, 5) is 2.14. The summed E-state index contributed by atoms with van der Waals surface area (Å²) in [5.41, 5.74) is 3.61. The van der Waals surface area contributed by atoms with Gasteiger partial charge in [-0.05, 0) is 29.7 Å². The Morgan fingerprint density at radius 2 is 1.86 bits per heavy atom. The number of likely N-dealkylation sites (N-methyl/N-ethyl adjacent to an activating group) is 1. The van der Waals surface area contributed by atoms with E-state index in [2.05, 4.69) is 36.1 Å². The minimum Gasteiger partial charge on any atom is -0.508 e. The Balaban J connectivity index is 1.74. The van der Waals surface area contributed by atoms with Crippen molar-refractivity contribution in [3.05, 3.63) is 53.6 Å². The third kappa shape index (κ3) is 2.97. The standard InChI is InChI=1S/C18H21NO2/c1-3-13-4-6-14(7-5-13)10-16-12-19(2)17-11-15(20)8-9-18(17)21-16/h4-9,11,16,20H,3,10,12H2,1-2H3. The Bertz CT molecular complexity index is 622. The second-order valence-electron chi connectivity index (χ2n) is 5.65. The molecule has 0 aromatic heterocycles. The molecule has 0 radical (unpaired) electrons. The van der Waals surface area contributed by atoms with Crippen LogP contribution in [-0.4, -0.2) is 24.8 Å². The van der Waals surface area contributed by atoms with Crippen LogP contribution in [0.1, 0.15) is 18.1 Å². The van der Waals surface area contributed by atoms with Crippen molar-refractivity contribution < 1.29 is 9.84 Å². The van der Waals surface area contributed by atoms with Crippen LogP contribution < -0.4 is 9.64 Å². The van der Waals surface area contributed by atoms with E-state index < -0.39 is 0 Å². The number of aryl methyl sites for hydroxylation is 1. The summed E-state index contributed by atoms with van der Waals surface area (Å²) in [6, 6.07) is 14.0. The van der Waals surface area contributed by atoms with E-state index in [1.807, 2.05) is 13.1 Å². The molecular formula is C18H21NO2. The number of ether oxygens (including phenoxy) is 1. The average molecular weight is 283 g/mol. The van der Waals surface area contributed by atoms with Crippen LogP contribution in [0.2, 0.25) is 0 Å². The molecule has 1 N–H and O–H groups in total. The molecule has 0 amide bonds. The minimum atomic E-state index is 0.138. The van der Waals surface area contributed by atoms with Gasteiger partial charge in [0.1, 0.15) is 17.6 Å². The van der Waals surface area contributed by atoms with E-state index in [4.69, 9.17) is 4.74 Å². The first-order valence-electron chi connectivity index (χ1n) is 7.44. The van der Waals surface area contributed by atoms with E-state index in [9.17, 15) is 5.11 Å². The minimum absolute atomic E-state index is 0.138. The van der Waals surface area contributed by atoms with Crippen molar-refractivity contribution in [1.29, 1.82) is 0 Å². The summed E-state index contributed by atoms with van der Waals surface area (Å²) in [6.07, 6.45) is 2.11. The van der Waals surface area contributed by atoms with Crippen molar-refractivity contribution in [3.63, 3.8) is 0 Å². The molecule has 1 atom stereocenters. The summed E-state index contributed by atoms with van der Waals surface area (Å²) in [6.45, 7) is 2.99. The van der Waals surface area contributed by atoms with Gasteiger partial charge in [0.05, 0.1) is 12.2 Å². The van der Waals surface area contributed by atoms with Gasteiger partial charge in [0, 0.05) is 19.5 Å². The quantitative estimate of drug-likeness (QED) is 0.937. The zero-order valence-corrected chi connectivity index (χ0v) is 12.5. The van der Waals surface area contributed by atoms with E-state index in [-0.39, 0.29) is 11.9 Å². The van der Waals surface area contributed by atoms with Crippen molar-refractivity contribution in [2.45, 2.75) is 25.9 Å². The van der Waals surface area contributed by atoms with Gasteiger partial charge in [-0.1, -0.05) is 31.2 Å². The summed E-state index contributed by atoms with van der Waals surface area (Å²) in [5, 5.41) is 9.57. The smallest absolute Gasteiger partial charge is 0.143 e. The first kappa shape index (κ1) is 13.8. The lowest BCUT2D eigenvalue weighted by Crippen LogP contribution is -2.38. The van der Waals surface area contributed by atoms with Crippen molar-refractivity contribution in [3.8, 4) is 11.5 Å². The first-order chi connectivity index (χ1) is 10.2. The molecule has 0 fully saturated rings. The Kier molecular flexibility index (Phi) is 3.74. The van der Waals surface area contributed by atoms with Crippen molar-refractivity contribution >= 4 is 5.69 Å². The number of rotatable bonds is 3. The first-order valence-corrected chi connectivity index (χ1v) is 7.44. The second-order valence-corrected chi connectivity index (χ2v) is 5.65. The number of benzene rings is 2. The molecule has 0 bridgehead atoms. The maximum Gasteiger partial charge on any atom is 0.143 e. The van der Waals surface area contributed by atoms with E-state index in [0.717, 1.165) is 30.8 Å². The number of phenols is 1. The van der Waals surface area contributed by atoms with Crippen LogP contribution in [0.25, 0.3) is 0 Å². The zero-order chi connectivity index (χ0) is 14.8. The number of aromatic hydroxyl groups is 1. The number of hydrogen-bond donors (Lipinski definition) is 1. The number of fused-ring (bicyclic) bond motifs is 1. The number of nitrogens with zero attached hydrogens (tertiary/aromatic N) is 1. The molecule has 1 unspecified atom stereocenters. The van der Waals surface area contributed by atoms with Gasteiger partial charge in [-0.2, -0.15) is 0 Å². The molecule has 0 aliphatic carbocycles. The lowest BCUT2D eigenvalue weighted by molar-refractivity contribution is 0.196. The largest absolute Gasteiger partial charge is 0.508 e. The highest BCUT2D eigenvalue weighted by Crippen LogP contribution is 2.35. The maximum atomic E-state index is 9.57. The van der Waals surface area contributed by atoms with Gasteiger partial charge in [0.15, 0.2) is 0 Å². The van der Waals surface area contributed by atoms with E-state index in [1.165, 1.54) is 11.1 Å². The molecule has 21 heavy (non-hydrogen) atoms. The van der Waals surface area contributed by atoms with Gasteiger partial charge in [-0.3, -0.25) is 0 Å². The highest BCUT2D eigenvalue weighted by molar-refractivity contribution is 5.62. The van der Waals surface area contributed by atoms with Crippen LogP contribution in [0, 0.1) is 0 Å². The summed E-state index contributed by atoms with van der Waals surface area (Å²) in [7, 11) is 2.04. The lowest BCUT2D eigenvalue weighted by atomic mass is 10.0. The number of anilines is 1. The predicted octanol–water partition coefficient (Wildman–Crippen LogP) is 3.39. The monoisotopic (exact) mass is 283 g/mol. The fourth-order valence-electron chi connectivity index (χ4n) is 2.80. The van der Waals surface area contributed by atoms with Gasteiger partial charge in [0.2, 0.25) is 0 Å². The Labute approximate surface area is 125 Å². The van der Waals surface area contributed by atoms with E-state index >= 15 is 0 Å². The van der Waals surface area contributed by atoms with E-state index in [0.29, 0.717) is 0 Å². The van der Waals surface area contributed by atoms with Crippen molar-refractivity contribution in [1.82, 2.24) is 0 Å². The van der Waals surface area contributed by atoms with E-state index in [1.54, 1.807) is 12.1 Å². The summed E-state index contributed by atoms with van der Waals surface area (Å²) < 4.78 is 6.07. The third-order valence-corrected chi connectivity index (χ3v) is 4.02. The highest BCUT2D eigenvalue weighted by Gasteiger charge is 2.23. The Hall–Kier alpha value is -2.16. The van der Waals surface area contributed by atoms with Gasteiger partial charge in [-0.15, -0.1) is 0 Å². The molecule has 0 saturated heterocycles. The molecule has 1 heterocycles. The normalized spacial score (nSPS) is 17.2. The Morgan fingerprint density at radius 3 is 2.57 bits per heavy atom. The van der Waals surface area contributed by atoms with Gasteiger partial charge >= 0.3 is 0 Å². The molecule has 0 saturated carbocycles. The number of phenolic OH excluding ortho intramolecular Hbond substituents is 1. The second kappa shape index (κ2) is 5.68. The van der Waals surface area contributed by atoms with Crippen LogP contribution >= 0.6 is 0 Å². The number of hydrogen-bond acceptors (Lipinski definition) is 3.